The van der Waals surface area contributed by atoms with Gasteiger partial charge in [-0.2, -0.15) is 0 Å². The average molecular weight is 340 g/mol. The van der Waals surface area contributed by atoms with Crippen molar-refractivity contribution in [2.75, 3.05) is 0 Å². The minimum atomic E-state index is 0.859. The van der Waals surface area contributed by atoms with Gasteiger partial charge in [0.2, 0.25) is 0 Å². The Hall–Kier alpha value is -0.130. The molecular formula is C24H51+. The average Bonchev–Trinajstić information content (AvgIpc) is 2.37. The maximum absolute atomic E-state index is 2.40. The number of hydrogen-bond acceptors (Lipinski definition) is 0. The summed E-state index contributed by atoms with van der Waals surface area (Å²) in [7, 11) is 0. The van der Waals surface area contributed by atoms with Crippen molar-refractivity contribution < 1.29 is 0 Å². The van der Waals surface area contributed by atoms with E-state index in [0.29, 0.717) is 0 Å². The lowest BCUT2D eigenvalue weighted by Crippen LogP contribution is -2.05. The highest BCUT2D eigenvalue weighted by Crippen LogP contribution is 2.22. The summed E-state index contributed by atoms with van der Waals surface area (Å²) in [5.74, 6) is 5.37. The van der Waals surface area contributed by atoms with Crippen molar-refractivity contribution in [1.82, 2.24) is 0 Å². The van der Waals surface area contributed by atoms with Gasteiger partial charge in [0.1, 0.15) is 0 Å². The molecule has 0 aliphatic heterocycles. The first-order chi connectivity index (χ1) is 11.1. The van der Waals surface area contributed by atoms with Crippen LogP contribution >= 0.6 is 0 Å². The molecule has 0 bridgehead atoms. The first-order valence-corrected chi connectivity index (χ1v) is 10.9. The van der Waals surface area contributed by atoms with Crippen LogP contribution in [0.5, 0.6) is 0 Å². The molecule has 4 atom stereocenters. The Balaban J connectivity index is 0. The highest BCUT2D eigenvalue weighted by molar-refractivity contribution is 4.66. The summed E-state index contributed by atoms with van der Waals surface area (Å²) >= 11 is 0. The second-order valence-corrected chi connectivity index (χ2v) is 9.58. The van der Waals surface area contributed by atoms with E-state index in [1.165, 1.54) is 44.9 Å². The van der Waals surface area contributed by atoms with E-state index in [1.54, 1.807) is 0 Å². The van der Waals surface area contributed by atoms with Gasteiger partial charge in [0, 0.05) is 0 Å². The van der Waals surface area contributed by atoms with E-state index in [4.69, 9.17) is 0 Å². The number of rotatable bonds is 12. The van der Waals surface area contributed by atoms with Crippen LogP contribution in [-0.4, -0.2) is 0 Å². The maximum atomic E-state index is 2.40. The minimum absolute atomic E-state index is 0.859. The lowest BCUT2D eigenvalue weighted by atomic mass is 9.88. The molecule has 0 fully saturated rings. The third-order valence-corrected chi connectivity index (χ3v) is 4.78. The summed E-state index contributed by atoms with van der Waals surface area (Å²) in [4.78, 5) is 0. The lowest BCUT2D eigenvalue weighted by molar-refractivity contribution is 0.342. The molecule has 0 aliphatic carbocycles. The molecule has 0 heterocycles. The Labute approximate surface area is 156 Å². The molecular weight excluding hydrogens is 288 g/mol. The first-order valence-electron chi connectivity index (χ1n) is 10.9. The van der Waals surface area contributed by atoms with E-state index in [-0.39, 0.29) is 0 Å². The monoisotopic (exact) mass is 339 g/mol. The topological polar surface area (TPSA) is 0 Å². The van der Waals surface area contributed by atoms with Crippen molar-refractivity contribution in [1.29, 1.82) is 0 Å². The van der Waals surface area contributed by atoms with Crippen LogP contribution in [0.3, 0.4) is 0 Å². The van der Waals surface area contributed by atoms with Crippen LogP contribution in [0.25, 0.3) is 0 Å². The standard InChI is InChI=1S/C12H26.C12H25/c2*1-6-7-11(4)9-12(5)8-10(2)3/h10-12H,6-9H2,1-5H3;6,10-12H,7-9H2,1-5H3/q;+1. The Kier molecular flexibility index (Phi) is 17.8. The van der Waals surface area contributed by atoms with Crippen LogP contribution in [0.4, 0.5) is 0 Å². The van der Waals surface area contributed by atoms with E-state index in [0.717, 1.165) is 35.5 Å². The van der Waals surface area contributed by atoms with Gasteiger partial charge in [-0.05, 0) is 61.2 Å². The molecule has 0 aromatic carbocycles. The van der Waals surface area contributed by atoms with Crippen LogP contribution < -0.4 is 0 Å². The quantitative estimate of drug-likeness (QED) is 0.311. The van der Waals surface area contributed by atoms with Crippen LogP contribution in [0, 0.1) is 41.9 Å². The van der Waals surface area contributed by atoms with Gasteiger partial charge < -0.3 is 0 Å². The zero-order chi connectivity index (χ0) is 19.1. The molecule has 0 saturated heterocycles. The molecule has 0 aliphatic rings. The summed E-state index contributed by atoms with van der Waals surface area (Å²) in [5, 5.41) is 0. The van der Waals surface area contributed by atoms with Gasteiger partial charge in [0.25, 0.3) is 0 Å². The molecule has 146 valence electrons. The van der Waals surface area contributed by atoms with Gasteiger partial charge in [-0.3, -0.25) is 0 Å². The Bertz CT molecular complexity index is 214. The fourth-order valence-corrected chi connectivity index (χ4v) is 4.28. The molecule has 24 heavy (non-hydrogen) atoms. The molecule has 0 spiro atoms. The van der Waals surface area contributed by atoms with Gasteiger partial charge in [-0.15, -0.1) is 0 Å². The summed E-state index contributed by atoms with van der Waals surface area (Å²) in [6.45, 7) is 23.2. The Morgan fingerprint density at radius 2 is 1.00 bits per heavy atom. The predicted molar refractivity (Wildman–Crippen MR) is 114 cm³/mol. The van der Waals surface area contributed by atoms with Crippen molar-refractivity contribution in [2.45, 2.75) is 114 Å². The van der Waals surface area contributed by atoms with Crippen LogP contribution in [0.15, 0.2) is 0 Å². The second-order valence-electron chi connectivity index (χ2n) is 9.58. The van der Waals surface area contributed by atoms with E-state index in [2.05, 4.69) is 75.7 Å². The first kappa shape index (κ1) is 26.1. The molecule has 0 rings (SSSR count). The summed E-state index contributed by atoms with van der Waals surface area (Å²) in [5.41, 5.74) is 0. The Morgan fingerprint density at radius 1 is 0.583 bits per heavy atom. The van der Waals surface area contributed by atoms with Crippen LogP contribution in [0.2, 0.25) is 0 Å². The lowest BCUT2D eigenvalue weighted by Gasteiger charge is -2.18. The predicted octanol–water partition coefficient (Wildman–Crippen LogP) is 8.80. The normalized spacial score (nSPS) is 16.3. The maximum Gasteiger partial charge on any atom is 0.0897 e. The highest BCUT2D eigenvalue weighted by Gasteiger charge is 2.12. The molecule has 0 N–H and O–H groups in total. The zero-order valence-corrected chi connectivity index (χ0v) is 19.0. The Morgan fingerprint density at radius 3 is 1.33 bits per heavy atom. The van der Waals surface area contributed by atoms with Crippen molar-refractivity contribution in [3.05, 3.63) is 6.42 Å². The summed E-state index contributed by atoms with van der Waals surface area (Å²) in [6.07, 6.45) is 11.9. The third kappa shape index (κ3) is 19.9. The van der Waals surface area contributed by atoms with Gasteiger partial charge in [0.15, 0.2) is 0 Å². The van der Waals surface area contributed by atoms with Crippen LogP contribution in [-0.2, 0) is 0 Å². The van der Waals surface area contributed by atoms with Crippen molar-refractivity contribution in [2.24, 2.45) is 35.5 Å². The third-order valence-electron chi connectivity index (χ3n) is 4.78. The fourth-order valence-electron chi connectivity index (χ4n) is 4.28. The van der Waals surface area contributed by atoms with Gasteiger partial charge in [0.05, 0.1) is 19.8 Å². The molecule has 0 saturated carbocycles. The largest absolute Gasteiger partial charge is 0.0897 e. The van der Waals surface area contributed by atoms with E-state index in [1.807, 2.05) is 0 Å². The molecule has 0 nitrogen and oxygen atoms in total. The van der Waals surface area contributed by atoms with Crippen LogP contribution in [0.1, 0.15) is 114 Å². The summed E-state index contributed by atoms with van der Waals surface area (Å²) < 4.78 is 0. The van der Waals surface area contributed by atoms with E-state index < -0.39 is 0 Å². The van der Waals surface area contributed by atoms with Crippen molar-refractivity contribution in [3.63, 3.8) is 0 Å². The molecule has 0 aromatic rings. The molecule has 0 amide bonds. The summed E-state index contributed by atoms with van der Waals surface area (Å²) in [6, 6.07) is 0. The zero-order valence-electron chi connectivity index (χ0n) is 19.0. The smallest absolute Gasteiger partial charge is 0.0654 e. The fraction of sp³-hybridized carbons (Fsp3) is 0.958. The van der Waals surface area contributed by atoms with Crippen molar-refractivity contribution >= 4 is 0 Å². The molecule has 0 radical (unpaired) electrons. The van der Waals surface area contributed by atoms with E-state index >= 15 is 0 Å². The van der Waals surface area contributed by atoms with Gasteiger partial charge >= 0.3 is 0 Å². The SMILES string of the molecule is CCCC(C)CC(C)CC(C)C.C[CH+]CC(C)CC(C)CC(C)C. The molecule has 4 unspecified atom stereocenters. The minimum Gasteiger partial charge on any atom is -0.0654 e. The molecule has 0 aromatic heterocycles. The highest BCUT2D eigenvalue weighted by atomic mass is 14.2. The van der Waals surface area contributed by atoms with Gasteiger partial charge in [-0.25, -0.2) is 0 Å². The number of hydrogen-bond donors (Lipinski definition) is 0. The van der Waals surface area contributed by atoms with E-state index in [9.17, 15) is 0 Å². The van der Waals surface area contributed by atoms with Gasteiger partial charge in [-0.1, -0.05) is 75.2 Å². The van der Waals surface area contributed by atoms with Crippen molar-refractivity contribution in [3.8, 4) is 0 Å². The molecule has 0 heteroatoms. The second kappa shape index (κ2) is 16.3.